The quantitative estimate of drug-likeness (QED) is 0.482. The fourth-order valence-electron chi connectivity index (χ4n) is 2.08. The molecule has 0 fully saturated rings. The van der Waals surface area contributed by atoms with Crippen LogP contribution in [-0.2, 0) is 4.74 Å². The molecule has 8 heteroatoms. The fraction of sp³-hybridized carbons (Fsp3) is 0.222. The Bertz CT molecular complexity index is 857. The molecule has 0 heterocycles. The van der Waals surface area contributed by atoms with Crippen molar-refractivity contribution in [3.8, 4) is 0 Å². The number of hydrogen-bond donors (Lipinski definition) is 1. The van der Waals surface area contributed by atoms with E-state index < -0.39 is 22.4 Å². The largest absolute Gasteiger partial charge is 0.456 e. The summed E-state index contributed by atoms with van der Waals surface area (Å²) >= 11 is 5.80. The number of halogens is 1. The molecule has 0 aliphatic rings. The molecule has 2 aromatic rings. The first-order chi connectivity index (χ1) is 12.1. The Morgan fingerprint density at radius 1 is 1.08 bits per heavy atom. The summed E-state index contributed by atoms with van der Waals surface area (Å²) in [5.41, 5.74) is -0.858. The van der Waals surface area contributed by atoms with E-state index in [2.05, 4.69) is 5.32 Å². The lowest BCUT2D eigenvalue weighted by Crippen LogP contribution is -2.26. The molecule has 26 heavy (non-hydrogen) atoms. The van der Waals surface area contributed by atoms with Crippen molar-refractivity contribution in [2.24, 2.45) is 0 Å². The van der Waals surface area contributed by atoms with Gasteiger partial charge in [0.2, 0.25) is 0 Å². The molecule has 0 unspecified atom stereocenters. The maximum Gasteiger partial charge on any atom is 0.339 e. The summed E-state index contributed by atoms with van der Waals surface area (Å²) in [5, 5.41) is 14.1. The van der Waals surface area contributed by atoms with Crippen LogP contribution in [-0.4, -0.2) is 22.4 Å². The number of esters is 1. The summed E-state index contributed by atoms with van der Waals surface area (Å²) in [6.45, 7) is 5.05. The first-order valence-electron chi connectivity index (χ1n) is 7.65. The Kier molecular flexibility index (Phi) is 5.62. The molecule has 1 N–H and O–H groups in total. The van der Waals surface area contributed by atoms with Crippen LogP contribution in [0.4, 0.5) is 11.4 Å². The molecule has 2 aromatic carbocycles. The minimum Gasteiger partial charge on any atom is -0.456 e. The number of benzene rings is 2. The first-order valence-corrected chi connectivity index (χ1v) is 8.03. The number of rotatable bonds is 4. The Hall–Kier alpha value is -2.93. The molecule has 0 bridgehead atoms. The van der Waals surface area contributed by atoms with E-state index in [0.717, 1.165) is 12.1 Å². The van der Waals surface area contributed by atoms with Gasteiger partial charge in [0.1, 0.15) is 5.60 Å². The number of carbonyl (C=O) groups is 2. The number of ether oxygens (including phenoxy) is 1. The fourth-order valence-corrected chi connectivity index (χ4v) is 2.20. The summed E-state index contributed by atoms with van der Waals surface area (Å²) in [5.74, 6) is -1.41. The second-order valence-corrected chi connectivity index (χ2v) is 6.89. The Morgan fingerprint density at radius 3 is 2.23 bits per heavy atom. The summed E-state index contributed by atoms with van der Waals surface area (Å²) in [6, 6.07) is 9.72. The van der Waals surface area contributed by atoms with Crippen molar-refractivity contribution in [2.75, 3.05) is 5.32 Å². The molecule has 0 saturated carbocycles. The lowest BCUT2D eigenvalue weighted by molar-refractivity contribution is -0.384. The zero-order chi connectivity index (χ0) is 19.5. The number of amides is 1. The van der Waals surface area contributed by atoms with Crippen LogP contribution in [0.15, 0.2) is 42.5 Å². The third-order valence-electron chi connectivity index (χ3n) is 3.18. The van der Waals surface area contributed by atoms with Crippen LogP contribution in [0.2, 0.25) is 5.02 Å². The maximum atomic E-state index is 12.6. The van der Waals surface area contributed by atoms with Gasteiger partial charge in [0, 0.05) is 22.8 Å². The Balaban J connectivity index is 2.40. The van der Waals surface area contributed by atoms with Crippen molar-refractivity contribution in [1.29, 1.82) is 0 Å². The van der Waals surface area contributed by atoms with Crippen LogP contribution in [0.25, 0.3) is 0 Å². The highest BCUT2D eigenvalue weighted by Gasteiger charge is 2.25. The Morgan fingerprint density at radius 2 is 1.69 bits per heavy atom. The highest BCUT2D eigenvalue weighted by Crippen LogP contribution is 2.23. The van der Waals surface area contributed by atoms with Crippen molar-refractivity contribution in [3.05, 3.63) is 68.7 Å². The lowest BCUT2D eigenvalue weighted by atomic mass is 10.0. The monoisotopic (exact) mass is 376 g/mol. The van der Waals surface area contributed by atoms with E-state index in [1.807, 2.05) is 0 Å². The van der Waals surface area contributed by atoms with Crippen molar-refractivity contribution in [2.45, 2.75) is 26.4 Å². The molecule has 0 radical (unpaired) electrons. The van der Waals surface area contributed by atoms with Crippen LogP contribution in [0.5, 0.6) is 0 Å². The van der Waals surface area contributed by atoms with Gasteiger partial charge in [-0.25, -0.2) is 4.79 Å². The summed E-state index contributed by atoms with van der Waals surface area (Å²) in [4.78, 5) is 35.3. The smallest absolute Gasteiger partial charge is 0.339 e. The topological polar surface area (TPSA) is 98.5 Å². The van der Waals surface area contributed by atoms with E-state index in [9.17, 15) is 19.7 Å². The normalized spacial score (nSPS) is 10.9. The molecule has 0 atom stereocenters. The molecule has 2 rings (SSSR count). The molecule has 0 spiro atoms. The molecule has 0 saturated heterocycles. The van der Waals surface area contributed by atoms with E-state index in [1.54, 1.807) is 45.0 Å². The number of carbonyl (C=O) groups excluding carboxylic acids is 2. The van der Waals surface area contributed by atoms with Crippen LogP contribution >= 0.6 is 11.6 Å². The molecule has 0 aliphatic carbocycles. The van der Waals surface area contributed by atoms with Crippen LogP contribution < -0.4 is 5.32 Å². The zero-order valence-electron chi connectivity index (χ0n) is 14.4. The van der Waals surface area contributed by atoms with Crippen LogP contribution in [0, 0.1) is 10.1 Å². The third-order valence-corrected chi connectivity index (χ3v) is 3.43. The van der Waals surface area contributed by atoms with Crippen molar-refractivity contribution in [3.63, 3.8) is 0 Å². The predicted octanol–water partition coefficient (Wildman–Crippen LogP) is 4.46. The van der Waals surface area contributed by atoms with Gasteiger partial charge in [-0.1, -0.05) is 11.6 Å². The number of anilines is 1. The van der Waals surface area contributed by atoms with E-state index in [4.69, 9.17) is 16.3 Å². The summed E-state index contributed by atoms with van der Waals surface area (Å²) < 4.78 is 5.27. The van der Waals surface area contributed by atoms with Gasteiger partial charge in [-0.2, -0.15) is 0 Å². The maximum absolute atomic E-state index is 12.6. The van der Waals surface area contributed by atoms with E-state index in [0.29, 0.717) is 10.7 Å². The molecule has 7 nitrogen and oxygen atoms in total. The van der Waals surface area contributed by atoms with Crippen LogP contribution in [0.1, 0.15) is 41.5 Å². The molecule has 1 amide bonds. The first kappa shape index (κ1) is 19.4. The summed E-state index contributed by atoms with van der Waals surface area (Å²) in [6.07, 6.45) is 0. The summed E-state index contributed by atoms with van der Waals surface area (Å²) in [7, 11) is 0. The van der Waals surface area contributed by atoms with Gasteiger partial charge in [0.25, 0.3) is 11.6 Å². The van der Waals surface area contributed by atoms with Crippen molar-refractivity contribution < 1.29 is 19.2 Å². The van der Waals surface area contributed by atoms with E-state index >= 15 is 0 Å². The van der Waals surface area contributed by atoms with E-state index in [-0.39, 0.29) is 16.8 Å². The molecule has 136 valence electrons. The minimum atomic E-state index is -0.775. The number of nitro benzene ring substituents is 1. The molecular weight excluding hydrogens is 360 g/mol. The van der Waals surface area contributed by atoms with Gasteiger partial charge in [-0.05, 0) is 51.1 Å². The highest BCUT2D eigenvalue weighted by molar-refractivity contribution is 6.30. The van der Waals surface area contributed by atoms with Gasteiger partial charge in [-0.15, -0.1) is 0 Å². The van der Waals surface area contributed by atoms with Crippen LogP contribution in [0.3, 0.4) is 0 Å². The minimum absolute atomic E-state index is 0.0583. The van der Waals surface area contributed by atoms with Gasteiger partial charge < -0.3 is 10.1 Å². The average molecular weight is 377 g/mol. The van der Waals surface area contributed by atoms with Crippen molar-refractivity contribution in [1.82, 2.24) is 0 Å². The van der Waals surface area contributed by atoms with Gasteiger partial charge in [0.05, 0.1) is 16.1 Å². The predicted molar refractivity (Wildman–Crippen MR) is 97.7 cm³/mol. The SMILES string of the molecule is CC(C)(C)OC(=O)c1ccc([N+](=O)[O-])cc1C(=O)Nc1ccc(Cl)cc1. The average Bonchev–Trinajstić information content (AvgIpc) is 2.54. The standard InChI is InChI=1S/C18H17ClN2O5/c1-18(2,3)26-17(23)14-9-8-13(21(24)25)10-15(14)16(22)20-12-6-4-11(19)5-7-12/h4-10H,1-3H3,(H,20,22). The Labute approximate surface area is 155 Å². The number of nitrogens with one attached hydrogen (secondary N) is 1. The second-order valence-electron chi connectivity index (χ2n) is 6.45. The molecule has 0 aliphatic heterocycles. The van der Waals surface area contributed by atoms with Gasteiger partial charge >= 0.3 is 5.97 Å². The zero-order valence-corrected chi connectivity index (χ0v) is 15.2. The van der Waals surface area contributed by atoms with Gasteiger partial charge in [-0.3, -0.25) is 14.9 Å². The highest BCUT2D eigenvalue weighted by atomic mass is 35.5. The number of nitro groups is 1. The molecular formula is C18H17ClN2O5. The number of hydrogen-bond acceptors (Lipinski definition) is 5. The number of nitrogens with zero attached hydrogens (tertiary/aromatic N) is 1. The van der Waals surface area contributed by atoms with Crippen molar-refractivity contribution >= 4 is 34.9 Å². The second kappa shape index (κ2) is 7.53. The van der Waals surface area contributed by atoms with E-state index in [1.165, 1.54) is 6.07 Å². The third kappa shape index (κ3) is 5.03. The van der Waals surface area contributed by atoms with Gasteiger partial charge in [0.15, 0.2) is 0 Å². The lowest BCUT2D eigenvalue weighted by Gasteiger charge is -2.20. The molecule has 0 aromatic heterocycles. The number of non-ortho nitro benzene ring substituents is 1.